The van der Waals surface area contributed by atoms with Crippen LogP contribution < -0.4 is 0 Å². The normalized spacial score (nSPS) is 15.7. The van der Waals surface area contributed by atoms with Gasteiger partial charge in [0.25, 0.3) is 0 Å². The second kappa shape index (κ2) is 13.6. The van der Waals surface area contributed by atoms with Crippen LogP contribution in [0.1, 0.15) is 11.5 Å². The maximum atomic E-state index is 5.61. The van der Waals surface area contributed by atoms with Crippen molar-refractivity contribution in [3.63, 3.8) is 0 Å². The molecule has 3 aromatic heterocycles. The monoisotopic (exact) mass is 838 g/mol. The Hall–Kier alpha value is -7.38. The summed E-state index contributed by atoms with van der Waals surface area (Å²) in [5, 5.41) is 12.2. The van der Waals surface area contributed by atoms with Gasteiger partial charge in [-0.15, -0.1) is 23.1 Å². The molecule has 6 heteroatoms. The maximum Gasteiger partial charge on any atom is 0.166 e. The highest BCUT2D eigenvalue weighted by Gasteiger charge is 2.36. The lowest BCUT2D eigenvalue weighted by molar-refractivity contribution is 0.877. The van der Waals surface area contributed by atoms with Crippen LogP contribution >= 0.6 is 23.1 Å². The van der Waals surface area contributed by atoms with Crippen LogP contribution in [0.3, 0.4) is 0 Å². The molecule has 12 aromatic rings. The zero-order valence-corrected chi connectivity index (χ0v) is 35.4. The van der Waals surface area contributed by atoms with Gasteiger partial charge < -0.3 is 4.57 Å². The van der Waals surface area contributed by atoms with E-state index >= 15 is 0 Å². The molecule has 63 heavy (non-hydrogen) atoms. The molecule has 0 spiro atoms. The standard InChI is InChI=1S/C57H34N4S2/c1-2-16-36-32-47-46(31-35(36)15-1)40-28-27-34-14-4-6-19-38(34)52(40)61(47)53-45(30-29-41-39-20-7-9-24-48(39)63-54(41)53)57-59-55(42-22-11-17-33-13-3-5-18-37(33)42)58-56(60-57)44-23-12-26-50-51(44)43-21-8-10-25-49(43)62-50/h1-32,39,48H. The lowest BCUT2D eigenvalue weighted by atomic mass is 9.91. The van der Waals surface area contributed by atoms with Gasteiger partial charge in [0, 0.05) is 69.1 Å². The van der Waals surface area contributed by atoms with Gasteiger partial charge in [-0.2, -0.15) is 0 Å². The average Bonchev–Trinajstić information content (AvgIpc) is 4.02. The third-order valence-electron chi connectivity index (χ3n) is 13.2. The van der Waals surface area contributed by atoms with E-state index in [2.05, 4.69) is 199 Å². The first-order chi connectivity index (χ1) is 31.2. The highest BCUT2D eigenvalue weighted by Crippen LogP contribution is 2.54. The Labute approximate surface area is 370 Å². The molecule has 4 heterocycles. The minimum atomic E-state index is 0.262. The maximum absolute atomic E-state index is 5.61. The molecule has 1 aliphatic heterocycles. The van der Waals surface area contributed by atoms with Crippen LogP contribution in [0.2, 0.25) is 0 Å². The molecule has 2 aliphatic rings. The fourth-order valence-electron chi connectivity index (χ4n) is 10.3. The first-order valence-corrected chi connectivity index (χ1v) is 23.1. The van der Waals surface area contributed by atoms with Crippen molar-refractivity contribution >= 4 is 97.4 Å². The van der Waals surface area contributed by atoms with E-state index < -0.39 is 0 Å². The highest BCUT2D eigenvalue weighted by atomic mass is 32.2. The molecule has 9 aromatic carbocycles. The number of allylic oxidation sites excluding steroid dienone is 3. The largest absolute Gasteiger partial charge is 0.307 e. The molecule has 294 valence electrons. The number of hydrogen-bond acceptors (Lipinski definition) is 5. The van der Waals surface area contributed by atoms with Crippen molar-refractivity contribution in [1.29, 1.82) is 0 Å². The van der Waals surface area contributed by atoms with Gasteiger partial charge in [0.15, 0.2) is 17.5 Å². The van der Waals surface area contributed by atoms with E-state index in [0.29, 0.717) is 17.5 Å². The number of thiophene rings is 1. The van der Waals surface area contributed by atoms with Gasteiger partial charge in [-0.1, -0.05) is 164 Å². The minimum Gasteiger partial charge on any atom is -0.307 e. The average molecular weight is 839 g/mol. The summed E-state index contributed by atoms with van der Waals surface area (Å²) in [6.45, 7) is 0. The molecule has 2 atom stereocenters. The number of benzene rings is 9. The first kappa shape index (κ1) is 35.2. The van der Waals surface area contributed by atoms with Gasteiger partial charge in [-0.05, 0) is 62.8 Å². The second-order valence-corrected chi connectivity index (χ2v) is 18.9. The Bertz CT molecular complexity index is 3980. The summed E-state index contributed by atoms with van der Waals surface area (Å²) in [6, 6.07) is 61.7. The summed E-state index contributed by atoms with van der Waals surface area (Å²) in [7, 11) is 0. The van der Waals surface area contributed by atoms with Gasteiger partial charge in [-0.3, -0.25) is 0 Å². The Morgan fingerprint density at radius 2 is 1.08 bits per heavy atom. The summed E-state index contributed by atoms with van der Waals surface area (Å²) in [5.41, 5.74) is 7.75. The molecule has 4 nitrogen and oxygen atoms in total. The molecule has 2 unspecified atom stereocenters. The van der Waals surface area contributed by atoms with Crippen molar-refractivity contribution in [3.05, 3.63) is 200 Å². The Kier molecular flexibility index (Phi) is 7.58. The smallest absolute Gasteiger partial charge is 0.166 e. The van der Waals surface area contributed by atoms with Crippen LogP contribution in [0.5, 0.6) is 0 Å². The summed E-state index contributed by atoms with van der Waals surface area (Å²) in [5.74, 6) is 2.22. The molecule has 0 fully saturated rings. The summed E-state index contributed by atoms with van der Waals surface area (Å²) in [4.78, 5) is 17.9. The van der Waals surface area contributed by atoms with Crippen LogP contribution in [0.4, 0.5) is 0 Å². The van der Waals surface area contributed by atoms with Crippen molar-refractivity contribution < 1.29 is 0 Å². The fraction of sp³-hybridized carbons (Fsp3) is 0.0351. The van der Waals surface area contributed by atoms with Gasteiger partial charge in [0.1, 0.15) is 0 Å². The number of hydrogen-bond donors (Lipinski definition) is 0. The lowest BCUT2D eigenvalue weighted by Gasteiger charge is -2.19. The van der Waals surface area contributed by atoms with E-state index in [1.165, 1.54) is 68.5 Å². The van der Waals surface area contributed by atoms with Gasteiger partial charge in [0.05, 0.1) is 16.7 Å². The molecule has 14 rings (SSSR count). The topological polar surface area (TPSA) is 43.6 Å². The predicted octanol–water partition coefficient (Wildman–Crippen LogP) is 15.5. The lowest BCUT2D eigenvalue weighted by Crippen LogP contribution is -2.07. The Morgan fingerprint density at radius 1 is 0.444 bits per heavy atom. The van der Waals surface area contributed by atoms with Gasteiger partial charge >= 0.3 is 0 Å². The molecule has 1 aliphatic carbocycles. The van der Waals surface area contributed by atoms with E-state index in [4.69, 9.17) is 15.0 Å². The fourth-order valence-corrected chi connectivity index (χ4v) is 12.9. The molecule has 0 saturated carbocycles. The van der Waals surface area contributed by atoms with Crippen molar-refractivity contribution in [3.8, 4) is 39.9 Å². The highest BCUT2D eigenvalue weighted by molar-refractivity contribution is 8.00. The molecule has 0 bridgehead atoms. The van der Waals surface area contributed by atoms with E-state index in [9.17, 15) is 0 Å². The first-order valence-electron chi connectivity index (χ1n) is 21.4. The molecular formula is C57H34N4S2. The van der Waals surface area contributed by atoms with E-state index in [1.54, 1.807) is 0 Å². The number of nitrogens with zero attached hydrogens (tertiary/aromatic N) is 4. The van der Waals surface area contributed by atoms with Crippen LogP contribution in [-0.4, -0.2) is 24.8 Å². The second-order valence-electron chi connectivity index (χ2n) is 16.6. The van der Waals surface area contributed by atoms with Crippen molar-refractivity contribution in [2.45, 2.75) is 16.1 Å². The molecule has 0 radical (unpaired) electrons. The SMILES string of the molecule is C1=CC2Sc3c(ccc(-c4nc(-c5cccc6ccccc56)nc(-c5cccc6sc7ccccc7c56)n4)c3-n3c4cc5ccccc5cc4c4ccc5ccccc5c43)C2C=C1. The van der Waals surface area contributed by atoms with E-state index in [1.807, 2.05) is 23.1 Å². The number of rotatable bonds is 4. The molecule has 0 saturated heterocycles. The summed E-state index contributed by atoms with van der Waals surface area (Å²) >= 11 is 3.77. The van der Waals surface area contributed by atoms with Crippen LogP contribution in [-0.2, 0) is 0 Å². The van der Waals surface area contributed by atoms with Gasteiger partial charge in [0.2, 0.25) is 0 Å². The summed E-state index contributed by atoms with van der Waals surface area (Å²) in [6.07, 6.45) is 9.13. The van der Waals surface area contributed by atoms with E-state index in [-0.39, 0.29) is 11.2 Å². The molecule has 0 N–H and O–H groups in total. The zero-order valence-electron chi connectivity index (χ0n) is 33.7. The number of aromatic nitrogens is 4. The molecule has 0 amide bonds. The van der Waals surface area contributed by atoms with Crippen LogP contribution in [0.15, 0.2) is 199 Å². The molecular weight excluding hydrogens is 805 g/mol. The quantitative estimate of drug-likeness (QED) is 0.177. The van der Waals surface area contributed by atoms with Gasteiger partial charge in [-0.25, -0.2) is 15.0 Å². The number of thioether (sulfide) groups is 1. The third-order valence-corrected chi connectivity index (χ3v) is 15.7. The Balaban J connectivity index is 1.14. The third kappa shape index (κ3) is 5.26. The zero-order chi connectivity index (χ0) is 41.2. The van der Waals surface area contributed by atoms with Crippen molar-refractivity contribution in [2.75, 3.05) is 0 Å². The van der Waals surface area contributed by atoms with Crippen LogP contribution in [0.25, 0.3) is 114 Å². The summed E-state index contributed by atoms with van der Waals surface area (Å²) < 4.78 is 5.02. The minimum absolute atomic E-state index is 0.262. The number of fused-ring (bicyclic) bond motifs is 13. The van der Waals surface area contributed by atoms with E-state index in [0.717, 1.165) is 38.7 Å². The predicted molar refractivity (Wildman–Crippen MR) is 267 cm³/mol. The van der Waals surface area contributed by atoms with Crippen molar-refractivity contribution in [2.24, 2.45) is 0 Å². The van der Waals surface area contributed by atoms with Crippen molar-refractivity contribution in [1.82, 2.24) is 19.5 Å². The van der Waals surface area contributed by atoms with Crippen LogP contribution in [0, 0.1) is 0 Å². The Morgan fingerprint density at radius 3 is 1.94 bits per heavy atom.